The third-order valence-electron chi connectivity index (χ3n) is 5.46. The number of amides is 4. The number of primary amides is 1. The van der Waals surface area contributed by atoms with Crippen molar-refractivity contribution in [2.75, 3.05) is 11.9 Å². The van der Waals surface area contributed by atoms with Gasteiger partial charge in [0.2, 0.25) is 11.8 Å². The number of carbonyl (C=O) groups is 4. The number of likely N-dealkylation sites (N-methyl/N-ethyl adjacent to an activating group) is 1. The zero-order valence-electron chi connectivity index (χ0n) is 21.9. The van der Waals surface area contributed by atoms with Crippen LogP contribution in [0.3, 0.4) is 0 Å². The second-order valence-electron chi connectivity index (χ2n) is 9.63. The van der Waals surface area contributed by atoms with Crippen molar-refractivity contribution in [2.45, 2.75) is 65.1 Å². The summed E-state index contributed by atoms with van der Waals surface area (Å²) in [6.45, 7) is 8.70. The van der Waals surface area contributed by atoms with Crippen LogP contribution >= 0.6 is 0 Å². The van der Waals surface area contributed by atoms with E-state index in [0.29, 0.717) is 11.3 Å². The van der Waals surface area contributed by atoms with Gasteiger partial charge in [0.25, 0.3) is 5.91 Å². The highest BCUT2D eigenvalue weighted by Gasteiger charge is 2.35. The van der Waals surface area contributed by atoms with Gasteiger partial charge in [-0.1, -0.05) is 30.3 Å². The number of hydrogen-bond acceptors (Lipinski definition) is 6. The van der Waals surface area contributed by atoms with Crippen LogP contribution in [0.15, 0.2) is 48.5 Å². The van der Waals surface area contributed by atoms with Crippen LogP contribution in [0.5, 0.6) is 5.75 Å². The molecule has 0 aliphatic carbocycles. The van der Waals surface area contributed by atoms with Crippen molar-refractivity contribution in [3.63, 3.8) is 0 Å². The molecule has 10 nitrogen and oxygen atoms in total. The van der Waals surface area contributed by atoms with E-state index in [2.05, 4.69) is 10.6 Å². The molecule has 0 aromatic heterocycles. The van der Waals surface area contributed by atoms with Gasteiger partial charge in [-0.25, -0.2) is 4.79 Å². The van der Waals surface area contributed by atoms with Crippen molar-refractivity contribution in [1.29, 1.82) is 0 Å². The van der Waals surface area contributed by atoms with Crippen LogP contribution < -0.4 is 16.4 Å². The van der Waals surface area contributed by atoms with Gasteiger partial charge in [-0.2, -0.15) is 0 Å². The third kappa shape index (κ3) is 8.82. The molecule has 0 saturated carbocycles. The summed E-state index contributed by atoms with van der Waals surface area (Å²) in [5, 5.41) is 15.2. The van der Waals surface area contributed by atoms with Gasteiger partial charge in [-0.3, -0.25) is 14.4 Å². The zero-order chi connectivity index (χ0) is 27.8. The van der Waals surface area contributed by atoms with Crippen LogP contribution in [0.2, 0.25) is 0 Å². The number of nitrogens with one attached hydrogen (secondary N) is 2. The number of phenolic OH excluding ortho intramolecular Hbond substituents is 1. The summed E-state index contributed by atoms with van der Waals surface area (Å²) in [6, 6.07) is 10.9. The van der Waals surface area contributed by atoms with Crippen molar-refractivity contribution in [1.82, 2.24) is 10.2 Å². The molecule has 0 radical (unpaired) electrons. The number of nitrogens with zero attached hydrogens (tertiary/aromatic N) is 1. The number of rotatable bonds is 10. The molecule has 5 N–H and O–H groups in total. The quantitative estimate of drug-likeness (QED) is 0.383. The first-order valence-electron chi connectivity index (χ1n) is 12.1. The standard InChI is InChI=1S/C27H36N4O6/c1-6-31(25(35)21(15-16-22(28)33)30-26(36)37-27(3,4)5)23(18-11-13-19(32)14-12-18)24(34)29-20-10-8-7-9-17(20)2/h7-14,21,23,32H,6,15-16H2,1-5H3,(H2,28,33)(H,29,34)(H,30,36). The number of aryl methyl sites for hydroxylation is 1. The number of phenols is 1. The van der Waals surface area contributed by atoms with Gasteiger partial charge in [0.1, 0.15) is 23.4 Å². The van der Waals surface area contributed by atoms with E-state index in [9.17, 15) is 24.3 Å². The molecule has 0 heterocycles. The fourth-order valence-electron chi connectivity index (χ4n) is 3.70. The van der Waals surface area contributed by atoms with Gasteiger partial charge in [-0.15, -0.1) is 0 Å². The van der Waals surface area contributed by atoms with Crippen molar-refractivity contribution < 1.29 is 29.0 Å². The minimum atomic E-state index is -1.17. The largest absolute Gasteiger partial charge is 0.508 e. The predicted molar refractivity (Wildman–Crippen MR) is 140 cm³/mol. The normalized spacial score (nSPS) is 12.7. The van der Waals surface area contributed by atoms with Crippen LogP contribution in [0.25, 0.3) is 0 Å². The smallest absolute Gasteiger partial charge is 0.408 e. The lowest BCUT2D eigenvalue weighted by molar-refractivity contribution is -0.140. The van der Waals surface area contributed by atoms with E-state index in [-0.39, 0.29) is 25.1 Å². The molecule has 2 rings (SSSR count). The predicted octanol–water partition coefficient (Wildman–Crippen LogP) is 3.39. The van der Waals surface area contributed by atoms with E-state index < -0.39 is 41.5 Å². The minimum absolute atomic E-state index is 0.00196. The molecule has 0 aliphatic heterocycles. The summed E-state index contributed by atoms with van der Waals surface area (Å²) in [7, 11) is 0. The highest BCUT2D eigenvalue weighted by molar-refractivity contribution is 5.99. The number of ether oxygens (including phenoxy) is 1. The first-order chi connectivity index (χ1) is 17.3. The summed E-state index contributed by atoms with van der Waals surface area (Å²) < 4.78 is 5.29. The first kappa shape index (κ1) is 29.2. The molecule has 0 saturated heterocycles. The van der Waals surface area contributed by atoms with Gasteiger partial charge in [0.05, 0.1) is 0 Å². The first-order valence-corrected chi connectivity index (χ1v) is 12.1. The van der Waals surface area contributed by atoms with E-state index in [1.54, 1.807) is 52.0 Å². The van der Waals surface area contributed by atoms with Crippen molar-refractivity contribution in [3.8, 4) is 5.75 Å². The Morgan fingerprint density at radius 3 is 2.22 bits per heavy atom. The highest BCUT2D eigenvalue weighted by Crippen LogP contribution is 2.27. The lowest BCUT2D eigenvalue weighted by atomic mass is 10.0. The van der Waals surface area contributed by atoms with Gasteiger partial charge in [0, 0.05) is 18.7 Å². The van der Waals surface area contributed by atoms with E-state index in [1.807, 2.05) is 19.1 Å². The van der Waals surface area contributed by atoms with Gasteiger partial charge < -0.3 is 31.1 Å². The number of benzene rings is 2. The Morgan fingerprint density at radius 1 is 1.05 bits per heavy atom. The molecule has 200 valence electrons. The van der Waals surface area contributed by atoms with Gasteiger partial charge in [-0.05, 0) is 70.4 Å². The molecule has 2 atom stereocenters. The lowest BCUT2D eigenvalue weighted by Crippen LogP contribution is -2.52. The van der Waals surface area contributed by atoms with Crippen molar-refractivity contribution in [3.05, 3.63) is 59.7 Å². The Balaban J connectivity index is 2.45. The fourth-order valence-corrected chi connectivity index (χ4v) is 3.70. The van der Waals surface area contributed by atoms with Gasteiger partial charge >= 0.3 is 6.09 Å². The Bertz CT molecular complexity index is 1110. The van der Waals surface area contributed by atoms with Crippen LogP contribution in [-0.2, 0) is 19.1 Å². The summed E-state index contributed by atoms with van der Waals surface area (Å²) in [4.78, 5) is 52.6. The number of para-hydroxylation sites is 1. The maximum atomic E-state index is 13.8. The van der Waals surface area contributed by atoms with Crippen molar-refractivity contribution >= 4 is 29.5 Å². The SMILES string of the molecule is CCN(C(=O)C(CCC(N)=O)NC(=O)OC(C)(C)C)C(C(=O)Nc1ccccc1C)c1ccc(O)cc1. The number of nitrogens with two attached hydrogens (primary N) is 1. The molecule has 2 unspecified atom stereocenters. The molecule has 4 amide bonds. The maximum Gasteiger partial charge on any atom is 0.408 e. The van der Waals surface area contributed by atoms with Crippen LogP contribution in [0, 0.1) is 6.92 Å². The monoisotopic (exact) mass is 512 g/mol. The van der Waals surface area contributed by atoms with Crippen LogP contribution in [0.4, 0.5) is 10.5 Å². The second kappa shape index (κ2) is 12.8. The van der Waals surface area contributed by atoms with Crippen LogP contribution in [-0.4, -0.2) is 52.0 Å². The van der Waals surface area contributed by atoms with E-state index >= 15 is 0 Å². The van der Waals surface area contributed by atoms with Gasteiger partial charge in [0.15, 0.2) is 0 Å². The molecule has 37 heavy (non-hydrogen) atoms. The van der Waals surface area contributed by atoms with E-state index in [1.165, 1.54) is 17.0 Å². The average molecular weight is 513 g/mol. The van der Waals surface area contributed by atoms with E-state index in [4.69, 9.17) is 10.5 Å². The summed E-state index contributed by atoms with van der Waals surface area (Å²) in [5.41, 5.74) is 6.35. The Morgan fingerprint density at radius 2 is 1.68 bits per heavy atom. The number of aromatic hydroxyl groups is 1. The lowest BCUT2D eigenvalue weighted by Gasteiger charge is -2.33. The Kier molecular flexibility index (Phi) is 10.0. The summed E-state index contributed by atoms with van der Waals surface area (Å²) in [6.07, 6.45) is -1.08. The summed E-state index contributed by atoms with van der Waals surface area (Å²) >= 11 is 0. The molecule has 0 bridgehead atoms. The molecular formula is C27H36N4O6. The molecule has 2 aromatic rings. The highest BCUT2D eigenvalue weighted by atomic mass is 16.6. The number of anilines is 1. The molecule has 0 spiro atoms. The van der Waals surface area contributed by atoms with Crippen LogP contribution in [0.1, 0.15) is 57.7 Å². The number of carbonyl (C=O) groups excluding carboxylic acids is 4. The topological polar surface area (TPSA) is 151 Å². The summed E-state index contributed by atoms with van der Waals surface area (Å²) in [5.74, 6) is -1.71. The second-order valence-corrected chi connectivity index (χ2v) is 9.63. The third-order valence-corrected chi connectivity index (χ3v) is 5.46. The zero-order valence-corrected chi connectivity index (χ0v) is 21.9. The van der Waals surface area contributed by atoms with E-state index in [0.717, 1.165) is 5.56 Å². The molecule has 0 fully saturated rings. The molecule has 10 heteroatoms. The molecule has 0 aliphatic rings. The number of alkyl carbamates (subject to hydrolysis) is 1. The Hall–Kier alpha value is -4.08. The Labute approximate surface area is 217 Å². The average Bonchev–Trinajstić information content (AvgIpc) is 2.80. The maximum absolute atomic E-state index is 13.8. The molecule has 2 aromatic carbocycles. The minimum Gasteiger partial charge on any atom is -0.508 e. The number of hydrogen-bond donors (Lipinski definition) is 4. The fraction of sp³-hybridized carbons (Fsp3) is 0.407. The van der Waals surface area contributed by atoms with Crippen molar-refractivity contribution in [2.24, 2.45) is 5.73 Å². The molecular weight excluding hydrogens is 476 g/mol.